The lowest BCUT2D eigenvalue weighted by atomic mass is 9.96. The number of aromatic nitrogens is 5. The van der Waals surface area contributed by atoms with Crippen LogP contribution < -0.4 is 0 Å². The van der Waals surface area contributed by atoms with Crippen LogP contribution in [-0.2, 0) is 13.1 Å². The first-order valence-corrected chi connectivity index (χ1v) is 9.41. The molecular formula is C22H20N6. The van der Waals surface area contributed by atoms with Gasteiger partial charge in [0.2, 0.25) is 0 Å². The molecule has 4 aromatic rings. The first-order valence-electron chi connectivity index (χ1n) is 9.41. The van der Waals surface area contributed by atoms with E-state index in [0.29, 0.717) is 0 Å². The average Bonchev–Trinajstić information content (AvgIpc) is 3.19. The minimum absolute atomic E-state index is 0.191. The van der Waals surface area contributed by atoms with Gasteiger partial charge in [-0.05, 0) is 11.1 Å². The van der Waals surface area contributed by atoms with E-state index in [1.807, 2.05) is 0 Å². The summed E-state index contributed by atoms with van der Waals surface area (Å²) in [7, 11) is 0. The van der Waals surface area contributed by atoms with E-state index in [1.165, 1.54) is 17.5 Å². The van der Waals surface area contributed by atoms with Crippen LogP contribution in [0, 0.1) is 0 Å². The minimum Gasteiger partial charge on any atom is -0.309 e. The summed E-state index contributed by atoms with van der Waals surface area (Å²) in [6, 6.07) is 21.5. The highest BCUT2D eigenvalue weighted by Gasteiger charge is 2.28. The third-order valence-electron chi connectivity index (χ3n) is 5.20. The summed E-state index contributed by atoms with van der Waals surface area (Å²) < 4.78 is 2.18. The molecule has 5 rings (SSSR count). The van der Waals surface area contributed by atoms with Gasteiger partial charge in [0.15, 0.2) is 5.82 Å². The molecule has 3 heterocycles. The van der Waals surface area contributed by atoms with Crippen LogP contribution in [0.2, 0.25) is 0 Å². The van der Waals surface area contributed by atoms with Crippen molar-refractivity contribution in [2.24, 2.45) is 0 Å². The van der Waals surface area contributed by atoms with Crippen LogP contribution in [0.3, 0.4) is 0 Å². The minimum atomic E-state index is 0.191. The standard InChI is InChI=1S/C22H20N6/c1-3-7-17(8-4-1)21(18-9-5-2-6-10-18)27-11-12-28-20(15-27)25-26-22(28)19-13-23-16-24-14-19/h1-10,13-14,16,21H,11-12,15H2. The molecule has 0 radical (unpaired) electrons. The van der Waals surface area contributed by atoms with Gasteiger partial charge in [0.05, 0.1) is 18.2 Å². The molecule has 28 heavy (non-hydrogen) atoms. The third-order valence-corrected chi connectivity index (χ3v) is 5.20. The van der Waals surface area contributed by atoms with Crippen LogP contribution in [0.25, 0.3) is 11.4 Å². The lowest BCUT2D eigenvalue weighted by Crippen LogP contribution is -2.37. The van der Waals surface area contributed by atoms with Gasteiger partial charge < -0.3 is 4.57 Å². The van der Waals surface area contributed by atoms with Gasteiger partial charge >= 0.3 is 0 Å². The van der Waals surface area contributed by atoms with E-state index in [9.17, 15) is 0 Å². The van der Waals surface area contributed by atoms with Crippen LogP contribution in [-0.4, -0.2) is 36.2 Å². The van der Waals surface area contributed by atoms with Crippen LogP contribution >= 0.6 is 0 Å². The summed E-state index contributed by atoms with van der Waals surface area (Å²) >= 11 is 0. The SMILES string of the molecule is c1ccc(C(c2ccccc2)N2CCn3c(nnc3-c3cncnc3)C2)cc1. The van der Waals surface area contributed by atoms with Crippen molar-refractivity contribution in [1.82, 2.24) is 29.6 Å². The van der Waals surface area contributed by atoms with Gasteiger partial charge in [-0.1, -0.05) is 60.7 Å². The highest BCUT2D eigenvalue weighted by molar-refractivity contribution is 5.52. The molecule has 2 aromatic carbocycles. The van der Waals surface area contributed by atoms with E-state index in [-0.39, 0.29) is 6.04 Å². The average molecular weight is 368 g/mol. The van der Waals surface area contributed by atoms with Gasteiger partial charge in [-0.3, -0.25) is 4.90 Å². The molecule has 1 aliphatic rings. The predicted octanol–water partition coefficient (Wildman–Crippen LogP) is 3.34. The largest absolute Gasteiger partial charge is 0.309 e. The molecule has 0 spiro atoms. The summed E-state index contributed by atoms with van der Waals surface area (Å²) in [6.45, 7) is 2.50. The molecule has 0 N–H and O–H groups in total. The fourth-order valence-corrected chi connectivity index (χ4v) is 3.91. The first-order chi connectivity index (χ1) is 13.9. The summed E-state index contributed by atoms with van der Waals surface area (Å²) in [5.41, 5.74) is 3.48. The highest BCUT2D eigenvalue weighted by Crippen LogP contribution is 2.32. The summed E-state index contributed by atoms with van der Waals surface area (Å²) in [5.74, 6) is 1.81. The monoisotopic (exact) mass is 368 g/mol. The van der Waals surface area contributed by atoms with E-state index >= 15 is 0 Å². The zero-order chi connectivity index (χ0) is 18.8. The Morgan fingerprint density at radius 2 is 1.39 bits per heavy atom. The quantitative estimate of drug-likeness (QED) is 0.553. The molecule has 0 saturated heterocycles. The molecule has 0 bridgehead atoms. The van der Waals surface area contributed by atoms with E-state index in [0.717, 1.165) is 36.8 Å². The molecule has 6 nitrogen and oxygen atoms in total. The Kier molecular flexibility index (Phi) is 4.39. The van der Waals surface area contributed by atoms with Crippen LogP contribution in [0.4, 0.5) is 0 Å². The summed E-state index contributed by atoms with van der Waals surface area (Å²) in [5, 5.41) is 8.88. The number of nitrogens with zero attached hydrogens (tertiary/aromatic N) is 6. The maximum atomic E-state index is 4.47. The van der Waals surface area contributed by atoms with Gasteiger partial charge in [0.1, 0.15) is 12.2 Å². The van der Waals surface area contributed by atoms with Gasteiger partial charge in [0.25, 0.3) is 0 Å². The van der Waals surface area contributed by atoms with Crippen molar-refractivity contribution in [1.29, 1.82) is 0 Å². The predicted molar refractivity (Wildman–Crippen MR) is 106 cm³/mol. The van der Waals surface area contributed by atoms with Crippen molar-refractivity contribution < 1.29 is 0 Å². The Morgan fingerprint density at radius 1 is 0.750 bits per heavy atom. The first kappa shape index (κ1) is 16.8. The van der Waals surface area contributed by atoms with Gasteiger partial charge in [-0.2, -0.15) is 0 Å². The van der Waals surface area contributed by atoms with Gasteiger partial charge in [-0.25, -0.2) is 9.97 Å². The van der Waals surface area contributed by atoms with Crippen LogP contribution in [0.15, 0.2) is 79.4 Å². The summed E-state index contributed by atoms with van der Waals surface area (Å²) in [4.78, 5) is 10.7. The third kappa shape index (κ3) is 3.08. The highest BCUT2D eigenvalue weighted by atomic mass is 15.3. The smallest absolute Gasteiger partial charge is 0.167 e. The Labute approximate surface area is 163 Å². The van der Waals surface area contributed by atoms with Crippen molar-refractivity contribution in [2.45, 2.75) is 19.1 Å². The number of benzene rings is 2. The number of hydrogen-bond donors (Lipinski definition) is 0. The molecular weight excluding hydrogens is 348 g/mol. The van der Waals surface area contributed by atoms with Crippen molar-refractivity contribution in [3.05, 3.63) is 96.3 Å². The molecule has 1 aliphatic heterocycles. The molecule has 0 aliphatic carbocycles. The van der Waals surface area contributed by atoms with E-state index in [1.54, 1.807) is 12.4 Å². The normalized spacial score (nSPS) is 14.2. The number of rotatable bonds is 4. The maximum Gasteiger partial charge on any atom is 0.167 e. The topological polar surface area (TPSA) is 59.7 Å². The van der Waals surface area contributed by atoms with E-state index in [2.05, 4.69) is 90.3 Å². The molecule has 2 aromatic heterocycles. The zero-order valence-corrected chi connectivity index (χ0v) is 15.4. The van der Waals surface area contributed by atoms with Crippen molar-refractivity contribution >= 4 is 0 Å². The number of fused-ring (bicyclic) bond motifs is 1. The Balaban J connectivity index is 1.49. The lowest BCUT2D eigenvalue weighted by Gasteiger charge is -2.35. The maximum absolute atomic E-state index is 4.47. The molecule has 0 atom stereocenters. The zero-order valence-electron chi connectivity index (χ0n) is 15.4. The molecule has 0 unspecified atom stereocenters. The Bertz CT molecular complexity index is 1010. The second-order valence-electron chi connectivity index (χ2n) is 6.91. The Morgan fingerprint density at radius 3 is 2.04 bits per heavy atom. The second kappa shape index (κ2) is 7.32. The van der Waals surface area contributed by atoms with Gasteiger partial charge in [0, 0.05) is 25.5 Å². The fraction of sp³-hybridized carbons (Fsp3) is 0.182. The van der Waals surface area contributed by atoms with Crippen molar-refractivity contribution in [2.75, 3.05) is 6.54 Å². The van der Waals surface area contributed by atoms with Crippen molar-refractivity contribution in [3.63, 3.8) is 0 Å². The fourth-order valence-electron chi connectivity index (χ4n) is 3.91. The summed E-state index contributed by atoms with van der Waals surface area (Å²) in [6.07, 6.45) is 5.10. The van der Waals surface area contributed by atoms with Crippen LogP contribution in [0.1, 0.15) is 23.0 Å². The van der Waals surface area contributed by atoms with E-state index in [4.69, 9.17) is 0 Å². The second-order valence-corrected chi connectivity index (χ2v) is 6.91. The molecule has 0 saturated carbocycles. The lowest BCUT2D eigenvalue weighted by molar-refractivity contribution is 0.176. The van der Waals surface area contributed by atoms with E-state index < -0.39 is 0 Å². The molecule has 6 heteroatoms. The molecule has 0 fully saturated rings. The molecule has 0 amide bonds. The van der Waals surface area contributed by atoms with Gasteiger partial charge in [-0.15, -0.1) is 10.2 Å². The van der Waals surface area contributed by atoms with Crippen molar-refractivity contribution in [3.8, 4) is 11.4 Å². The molecule has 138 valence electrons. The number of hydrogen-bond acceptors (Lipinski definition) is 5. The Hall–Kier alpha value is -3.38. The van der Waals surface area contributed by atoms with Crippen LogP contribution in [0.5, 0.6) is 0 Å².